The lowest BCUT2D eigenvalue weighted by Gasteiger charge is -2.34. The van der Waals surface area contributed by atoms with E-state index >= 15 is 0 Å². The van der Waals surface area contributed by atoms with Crippen molar-refractivity contribution in [2.45, 2.75) is 32.4 Å². The molecule has 0 aliphatic carbocycles. The molecule has 5 nitrogen and oxygen atoms in total. The van der Waals surface area contributed by atoms with Gasteiger partial charge in [0.1, 0.15) is 17.7 Å². The van der Waals surface area contributed by atoms with Crippen LogP contribution in [0.1, 0.15) is 30.9 Å². The van der Waals surface area contributed by atoms with Crippen molar-refractivity contribution in [3.8, 4) is 11.8 Å². The molecule has 0 unspecified atom stereocenters. The van der Waals surface area contributed by atoms with Crippen LogP contribution in [0.3, 0.4) is 0 Å². The second-order valence-corrected chi connectivity index (χ2v) is 6.71. The van der Waals surface area contributed by atoms with Crippen LogP contribution in [-0.2, 0) is 6.54 Å². The standard InChI is InChI=1S/C22H25FN4O/c1-2-25-22(26-16-18-9-8-17(15-24)14-21(18)23)27-12-10-20(11-13-27)28-19-6-4-3-5-7-19/h3-9,14,20H,2,10-13,16H2,1H3,(H,25,26). The molecule has 1 aliphatic heterocycles. The zero-order valence-corrected chi connectivity index (χ0v) is 16.1. The number of halogens is 1. The highest BCUT2D eigenvalue weighted by Gasteiger charge is 2.22. The van der Waals surface area contributed by atoms with Gasteiger partial charge in [-0.25, -0.2) is 9.38 Å². The fourth-order valence-corrected chi connectivity index (χ4v) is 3.21. The van der Waals surface area contributed by atoms with Crippen LogP contribution in [0.4, 0.5) is 4.39 Å². The molecule has 0 radical (unpaired) electrons. The number of piperidine rings is 1. The molecule has 1 N–H and O–H groups in total. The Balaban J connectivity index is 1.60. The van der Waals surface area contributed by atoms with Crippen molar-refractivity contribution in [2.75, 3.05) is 19.6 Å². The van der Waals surface area contributed by atoms with E-state index in [0.717, 1.165) is 44.2 Å². The van der Waals surface area contributed by atoms with E-state index in [4.69, 9.17) is 10.00 Å². The molecule has 1 saturated heterocycles. The van der Waals surface area contributed by atoms with Crippen molar-refractivity contribution >= 4 is 5.96 Å². The third-order valence-electron chi connectivity index (χ3n) is 4.70. The molecule has 146 valence electrons. The van der Waals surface area contributed by atoms with E-state index in [-0.39, 0.29) is 12.6 Å². The monoisotopic (exact) mass is 380 g/mol. The maximum atomic E-state index is 14.1. The lowest BCUT2D eigenvalue weighted by atomic mass is 10.1. The predicted molar refractivity (Wildman–Crippen MR) is 108 cm³/mol. The molecule has 0 saturated carbocycles. The summed E-state index contributed by atoms with van der Waals surface area (Å²) >= 11 is 0. The maximum absolute atomic E-state index is 14.1. The highest BCUT2D eigenvalue weighted by molar-refractivity contribution is 5.80. The van der Waals surface area contributed by atoms with Gasteiger partial charge < -0.3 is 15.0 Å². The molecular weight excluding hydrogens is 355 g/mol. The fourth-order valence-electron chi connectivity index (χ4n) is 3.21. The fraction of sp³-hybridized carbons (Fsp3) is 0.364. The van der Waals surface area contributed by atoms with E-state index in [1.54, 1.807) is 12.1 Å². The van der Waals surface area contributed by atoms with Crippen molar-refractivity contribution in [1.29, 1.82) is 5.26 Å². The van der Waals surface area contributed by atoms with E-state index < -0.39 is 5.82 Å². The predicted octanol–water partition coefficient (Wildman–Crippen LogP) is 3.71. The summed E-state index contributed by atoms with van der Waals surface area (Å²) in [4.78, 5) is 6.79. The molecule has 0 atom stereocenters. The van der Waals surface area contributed by atoms with Crippen molar-refractivity contribution in [3.63, 3.8) is 0 Å². The highest BCUT2D eigenvalue weighted by Crippen LogP contribution is 2.19. The summed E-state index contributed by atoms with van der Waals surface area (Å²) in [5.74, 6) is 1.29. The molecule has 0 bridgehead atoms. The third-order valence-corrected chi connectivity index (χ3v) is 4.70. The molecule has 3 rings (SSSR count). The minimum Gasteiger partial charge on any atom is -0.490 e. The smallest absolute Gasteiger partial charge is 0.194 e. The van der Waals surface area contributed by atoms with Gasteiger partial charge in [0.2, 0.25) is 0 Å². The first kappa shape index (κ1) is 19.7. The number of ether oxygens (including phenoxy) is 1. The van der Waals surface area contributed by atoms with Gasteiger partial charge in [0.05, 0.1) is 18.2 Å². The summed E-state index contributed by atoms with van der Waals surface area (Å²) in [7, 11) is 0. The van der Waals surface area contributed by atoms with Gasteiger partial charge in [0, 0.05) is 38.0 Å². The summed E-state index contributed by atoms with van der Waals surface area (Å²) in [6.45, 7) is 4.66. The van der Waals surface area contributed by atoms with E-state index in [1.165, 1.54) is 6.07 Å². The van der Waals surface area contributed by atoms with Crippen LogP contribution in [0.25, 0.3) is 0 Å². The quantitative estimate of drug-likeness (QED) is 0.635. The number of nitrogens with zero attached hydrogens (tertiary/aromatic N) is 3. The largest absolute Gasteiger partial charge is 0.490 e. The molecule has 6 heteroatoms. The number of likely N-dealkylation sites (tertiary alicyclic amines) is 1. The summed E-state index contributed by atoms with van der Waals surface area (Å²) in [5, 5.41) is 12.1. The number of rotatable bonds is 5. The Bertz CT molecular complexity index is 839. The van der Waals surface area contributed by atoms with Crippen molar-refractivity contribution in [3.05, 3.63) is 65.5 Å². The zero-order chi connectivity index (χ0) is 19.8. The number of para-hydroxylation sites is 1. The molecule has 2 aromatic carbocycles. The van der Waals surface area contributed by atoms with Gasteiger partial charge in [-0.3, -0.25) is 0 Å². The van der Waals surface area contributed by atoms with Gasteiger partial charge in [-0.15, -0.1) is 0 Å². The second kappa shape index (κ2) is 9.75. The van der Waals surface area contributed by atoms with Crippen LogP contribution in [0.15, 0.2) is 53.5 Å². The minimum atomic E-state index is -0.395. The molecule has 2 aromatic rings. The molecule has 1 fully saturated rings. The second-order valence-electron chi connectivity index (χ2n) is 6.71. The molecule has 0 amide bonds. The Morgan fingerprint density at radius 1 is 1.25 bits per heavy atom. The van der Waals surface area contributed by atoms with Crippen molar-refractivity contribution < 1.29 is 9.13 Å². The van der Waals surface area contributed by atoms with Gasteiger partial charge in [0.25, 0.3) is 0 Å². The molecule has 1 aliphatic rings. The molecular formula is C22H25FN4O. The number of aliphatic imine (C=N–C) groups is 1. The SMILES string of the molecule is CCNC(=NCc1ccc(C#N)cc1F)N1CCC(Oc2ccccc2)CC1. The Kier molecular flexibility index (Phi) is 6.85. The van der Waals surface area contributed by atoms with Crippen molar-refractivity contribution in [2.24, 2.45) is 4.99 Å². The van der Waals surface area contributed by atoms with Crippen molar-refractivity contribution in [1.82, 2.24) is 10.2 Å². The number of guanidine groups is 1. The third kappa shape index (κ3) is 5.23. The Labute approximate surface area is 165 Å². The van der Waals surface area contributed by atoms with Gasteiger partial charge in [-0.2, -0.15) is 5.26 Å². The van der Waals surface area contributed by atoms with E-state index in [1.807, 2.05) is 43.3 Å². The summed E-state index contributed by atoms with van der Waals surface area (Å²) in [5.41, 5.74) is 0.800. The van der Waals surface area contributed by atoms with Gasteiger partial charge in [-0.05, 0) is 31.2 Å². The Morgan fingerprint density at radius 2 is 2.00 bits per heavy atom. The molecule has 0 spiro atoms. The number of benzene rings is 2. The van der Waals surface area contributed by atoms with Crippen LogP contribution in [0.2, 0.25) is 0 Å². The summed E-state index contributed by atoms with van der Waals surface area (Å²) < 4.78 is 20.2. The summed E-state index contributed by atoms with van der Waals surface area (Å²) in [6, 6.07) is 16.3. The van der Waals surface area contributed by atoms with Crippen LogP contribution in [0, 0.1) is 17.1 Å². The zero-order valence-electron chi connectivity index (χ0n) is 16.1. The number of hydrogen-bond donors (Lipinski definition) is 1. The van der Waals surface area contributed by atoms with Crippen LogP contribution >= 0.6 is 0 Å². The first-order valence-corrected chi connectivity index (χ1v) is 9.63. The van der Waals surface area contributed by atoms with Crippen LogP contribution in [0.5, 0.6) is 5.75 Å². The summed E-state index contributed by atoms with van der Waals surface area (Å²) in [6.07, 6.45) is 2.01. The van der Waals surface area contributed by atoms with Gasteiger partial charge >= 0.3 is 0 Å². The molecule has 28 heavy (non-hydrogen) atoms. The average Bonchev–Trinajstić information content (AvgIpc) is 2.73. The number of hydrogen-bond acceptors (Lipinski definition) is 3. The van der Waals surface area contributed by atoms with Gasteiger partial charge in [-0.1, -0.05) is 24.3 Å². The van der Waals surface area contributed by atoms with Gasteiger partial charge in [0.15, 0.2) is 5.96 Å². The lowest BCUT2D eigenvalue weighted by molar-refractivity contribution is 0.129. The average molecular weight is 380 g/mol. The maximum Gasteiger partial charge on any atom is 0.194 e. The van der Waals surface area contributed by atoms with E-state index in [2.05, 4.69) is 15.2 Å². The topological polar surface area (TPSA) is 60.7 Å². The number of nitriles is 1. The first-order valence-electron chi connectivity index (χ1n) is 9.63. The number of nitrogens with one attached hydrogen (secondary N) is 1. The minimum absolute atomic E-state index is 0.192. The Hall–Kier alpha value is -3.07. The first-order chi connectivity index (χ1) is 13.7. The normalized spacial score (nSPS) is 15.2. The van der Waals surface area contributed by atoms with E-state index in [0.29, 0.717) is 11.1 Å². The lowest BCUT2D eigenvalue weighted by Crippen LogP contribution is -2.47. The highest BCUT2D eigenvalue weighted by atomic mass is 19.1. The van der Waals surface area contributed by atoms with E-state index in [9.17, 15) is 4.39 Å². The molecule has 0 aromatic heterocycles. The molecule has 1 heterocycles. The van der Waals surface area contributed by atoms with Crippen LogP contribution < -0.4 is 10.1 Å². The van der Waals surface area contributed by atoms with Crippen LogP contribution in [-0.4, -0.2) is 36.6 Å². The Morgan fingerprint density at radius 3 is 2.64 bits per heavy atom.